The summed E-state index contributed by atoms with van der Waals surface area (Å²) in [6, 6.07) is 14.5. The van der Waals surface area contributed by atoms with Crippen LogP contribution < -0.4 is 11.0 Å². The maximum absolute atomic E-state index is 11.8. The van der Waals surface area contributed by atoms with Crippen molar-refractivity contribution >= 4 is 23.2 Å². The first-order valence-corrected chi connectivity index (χ1v) is 7.91. The van der Waals surface area contributed by atoms with Crippen LogP contribution in [-0.2, 0) is 6.42 Å². The minimum absolute atomic E-state index is 0.188. The number of nitrogens with one attached hydrogen (secondary N) is 2. The fourth-order valence-corrected chi connectivity index (χ4v) is 2.67. The summed E-state index contributed by atoms with van der Waals surface area (Å²) < 4.78 is 0. The molecule has 0 unspecified atom stereocenters. The Labute approximate surface area is 149 Å². The van der Waals surface area contributed by atoms with Gasteiger partial charge in [0.2, 0.25) is 5.95 Å². The van der Waals surface area contributed by atoms with Gasteiger partial charge in [0.15, 0.2) is 0 Å². The Balaban J connectivity index is 1.87. The maximum atomic E-state index is 11.8. The van der Waals surface area contributed by atoms with E-state index in [4.69, 9.17) is 16.9 Å². The first-order chi connectivity index (χ1) is 12.0. The van der Waals surface area contributed by atoms with Gasteiger partial charge in [0, 0.05) is 17.1 Å². The zero-order valence-corrected chi connectivity index (χ0v) is 14.1. The standard InChI is InChI=1S/C18H14ClN5O/c1-11-3-2-4-15(19)14(11)9-16-22-17(24-18(25)23-16)21-13-7-5-12(10-20)6-8-13/h2-8H,9H2,1H3,(H2,21,22,23,24,25). The number of benzene rings is 2. The number of aromatic nitrogens is 3. The van der Waals surface area contributed by atoms with Crippen molar-refractivity contribution in [3.8, 4) is 6.07 Å². The highest BCUT2D eigenvalue weighted by molar-refractivity contribution is 6.31. The van der Waals surface area contributed by atoms with Crippen LogP contribution in [0.15, 0.2) is 47.3 Å². The molecule has 124 valence electrons. The van der Waals surface area contributed by atoms with Gasteiger partial charge in [-0.15, -0.1) is 0 Å². The van der Waals surface area contributed by atoms with Crippen LogP contribution in [0.5, 0.6) is 0 Å². The second-order valence-electron chi connectivity index (χ2n) is 5.45. The predicted octanol–water partition coefficient (Wildman–Crippen LogP) is 3.33. The molecular weight excluding hydrogens is 338 g/mol. The SMILES string of the molecule is Cc1cccc(Cl)c1Cc1nc(Nc2ccc(C#N)cc2)nc(=O)[nH]1. The van der Waals surface area contributed by atoms with Crippen molar-refractivity contribution < 1.29 is 0 Å². The molecule has 0 aliphatic carbocycles. The van der Waals surface area contributed by atoms with E-state index in [2.05, 4.69) is 20.3 Å². The van der Waals surface area contributed by atoms with Crippen LogP contribution in [-0.4, -0.2) is 15.0 Å². The van der Waals surface area contributed by atoms with Crippen molar-refractivity contribution in [2.24, 2.45) is 0 Å². The summed E-state index contributed by atoms with van der Waals surface area (Å²) in [5.41, 5.74) is 2.67. The summed E-state index contributed by atoms with van der Waals surface area (Å²) >= 11 is 6.24. The Morgan fingerprint density at radius 1 is 1.20 bits per heavy atom. The van der Waals surface area contributed by atoms with Crippen LogP contribution >= 0.6 is 11.6 Å². The quantitative estimate of drug-likeness (QED) is 0.751. The van der Waals surface area contributed by atoms with Crippen molar-refractivity contribution in [3.05, 3.63) is 80.5 Å². The summed E-state index contributed by atoms with van der Waals surface area (Å²) in [5.74, 6) is 0.653. The second-order valence-corrected chi connectivity index (χ2v) is 5.86. The third-order valence-corrected chi connectivity index (χ3v) is 4.02. The lowest BCUT2D eigenvalue weighted by Gasteiger charge is -2.09. The topological polar surface area (TPSA) is 94.5 Å². The van der Waals surface area contributed by atoms with Crippen molar-refractivity contribution in [2.75, 3.05) is 5.32 Å². The lowest BCUT2D eigenvalue weighted by molar-refractivity contribution is 0.887. The normalized spacial score (nSPS) is 10.3. The minimum Gasteiger partial charge on any atom is -0.324 e. The molecule has 1 aromatic heterocycles. The van der Waals surface area contributed by atoms with Gasteiger partial charge in [-0.25, -0.2) is 4.79 Å². The van der Waals surface area contributed by atoms with Gasteiger partial charge >= 0.3 is 5.69 Å². The lowest BCUT2D eigenvalue weighted by Crippen LogP contribution is -2.18. The second kappa shape index (κ2) is 7.16. The molecule has 3 aromatic rings. The van der Waals surface area contributed by atoms with Gasteiger partial charge in [0.05, 0.1) is 11.6 Å². The zero-order valence-electron chi connectivity index (χ0n) is 13.4. The first-order valence-electron chi connectivity index (χ1n) is 7.53. The van der Waals surface area contributed by atoms with Crippen LogP contribution in [0.4, 0.5) is 11.6 Å². The average Bonchev–Trinajstić information content (AvgIpc) is 2.58. The highest BCUT2D eigenvalue weighted by atomic mass is 35.5. The van der Waals surface area contributed by atoms with E-state index in [1.165, 1.54) is 0 Å². The molecule has 2 aromatic carbocycles. The van der Waals surface area contributed by atoms with Gasteiger partial charge < -0.3 is 5.32 Å². The number of nitrogens with zero attached hydrogens (tertiary/aromatic N) is 3. The lowest BCUT2D eigenvalue weighted by atomic mass is 10.1. The Morgan fingerprint density at radius 2 is 1.96 bits per heavy atom. The summed E-state index contributed by atoms with van der Waals surface area (Å²) in [6.45, 7) is 1.95. The fourth-order valence-electron chi connectivity index (χ4n) is 2.38. The number of aryl methyl sites for hydroxylation is 1. The molecule has 7 heteroatoms. The van der Waals surface area contributed by atoms with Crippen LogP contribution in [0.3, 0.4) is 0 Å². The monoisotopic (exact) mass is 351 g/mol. The molecule has 0 aliphatic heterocycles. The molecule has 2 N–H and O–H groups in total. The smallest absolute Gasteiger partial charge is 0.324 e. The molecule has 0 spiro atoms. The summed E-state index contributed by atoms with van der Waals surface area (Å²) in [6.07, 6.45) is 0.394. The zero-order chi connectivity index (χ0) is 17.8. The molecule has 1 heterocycles. The van der Waals surface area contributed by atoms with Gasteiger partial charge in [-0.3, -0.25) is 4.98 Å². The van der Waals surface area contributed by atoms with E-state index >= 15 is 0 Å². The third-order valence-electron chi connectivity index (χ3n) is 3.67. The summed E-state index contributed by atoms with van der Waals surface area (Å²) in [7, 11) is 0. The average molecular weight is 352 g/mol. The molecule has 0 fully saturated rings. The molecule has 0 saturated carbocycles. The highest BCUT2D eigenvalue weighted by Gasteiger charge is 2.09. The van der Waals surface area contributed by atoms with E-state index in [9.17, 15) is 4.79 Å². The molecule has 3 rings (SSSR count). The van der Waals surface area contributed by atoms with Crippen molar-refractivity contribution in [2.45, 2.75) is 13.3 Å². The Kier molecular flexibility index (Phi) is 4.78. The number of hydrogen-bond acceptors (Lipinski definition) is 5. The van der Waals surface area contributed by atoms with E-state index < -0.39 is 5.69 Å². The Bertz CT molecular complexity index is 985. The van der Waals surface area contributed by atoms with Crippen LogP contribution in [0.25, 0.3) is 0 Å². The Hall–Kier alpha value is -3.17. The van der Waals surface area contributed by atoms with Crippen molar-refractivity contribution in [1.29, 1.82) is 5.26 Å². The van der Waals surface area contributed by atoms with Crippen molar-refractivity contribution in [3.63, 3.8) is 0 Å². The first kappa shape index (κ1) is 16.7. The van der Waals surface area contributed by atoms with Gasteiger partial charge in [-0.05, 0) is 48.4 Å². The largest absolute Gasteiger partial charge is 0.349 e. The van der Waals surface area contributed by atoms with Crippen LogP contribution in [0.1, 0.15) is 22.5 Å². The minimum atomic E-state index is -0.495. The molecule has 25 heavy (non-hydrogen) atoms. The van der Waals surface area contributed by atoms with Gasteiger partial charge in [-0.1, -0.05) is 23.7 Å². The number of nitriles is 1. The number of H-pyrrole nitrogens is 1. The predicted molar refractivity (Wildman–Crippen MR) is 96.1 cm³/mol. The molecular formula is C18H14ClN5O. The van der Waals surface area contributed by atoms with E-state index in [1.807, 2.05) is 25.1 Å². The van der Waals surface area contributed by atoms with Gasteiger partial charge in [0.1, 0.15) is 5.82 Å². The number of hydrogen-bond donors (Lipinski definition) is 2. The molecule has 0 saturated heterocycles. The number of aromatic amines is 1. The maximum Gasteiger partial charge on any atom is 0.349 e. The molecule has 0 atom stereocenters. The summed E-state index contributed by atoms with van der Waals surface area (Å²) in [5, 5.41) is 12.4. The van der Waals surface area contributed by atoms with Gasteiger partial charge in [0.25, 0.3) is 0 Å². The van der Waals surface area contributed by atoms with Gasteiger partial charge in [-0.2, -0.15) is 15.2 Å². The van der Waals surface area contributed by atoms with Crippen LogP contribution in [0.2, 0.25) is 5.02 Å². The fraction of sp³-hybridized carbons (Fsp3) is 0.111. The number of rotatable bonds is 4. The van der Waals surface area contributed by atoms with E-state index in [1.54, 1.807) is 30.3 Å². The highest BCUT2D eigenvalue weighted by Crippen LogP contribution is 2.21. The molecule has 6 nitrogen and oxygen atoms in total. The van der Waals surface area contributed by atoms with Crippen LogP contribution in [0, 0.1) is 18.3 Å². The summed E-state index contributed by atoms with van der Waals surface area (Å²) in [4.78, 5) is 22.6. The third kappa shape index (κ3) is 4.03. The van der Waals surface area contributed by atoms with Crippen molar-refractivity contribution in [1.82, 2.24) is 15.0 Å². The number of anilines is 2. The molecule has 0 amide bonds. The van der Waals surface area contributed by atoms with E-state index in [-0.39, 0.29) is 5.95 Å². The van der Waals surface area contributed by atoms with E-state index in [0.29, 0.717) is 28.5 Å². The Morgan fingerprint density at radius 3 is 2.64 bits per heavy atom. The van der Waals surface area contributed by atoms with E-state index in [0.717, 1.165) is 11.1 Å². The molecule has 0 bridgehead atoms. The molecule has 0 aliphatic rings. The molecule has 0 radical (unpaired) electrons. The number of halogens is 1.